The monoisotopic (exact) mass is 236 g/mol. The van der Waals surface area contributed by atoms with Crippen LogP contribution in [0.1, 0.15) is 24.2 Å². The molecule has 0 saturated heterocycles. The summed E-state index contributed by atoms with van der Waals surface area (Å²) in [6, 6.07) is 1.71. The largest absolute Gasteiger partial charge is 0.466 e. The number of carbonyl (C=O) groups excluding carboxylic acids is 1. The summed E-state index contributed by atoms with van der Waals surface area (Å²) < 4.78 is 4.49. The van der Waals surface area contributed by atoms with Crippen LogP contribution in [0, 0.1) is 0 Å². The highest BCUT2D eigenvalue weighted by Gasteiger charge is 2.21. The second kappa shape index (κ2) is 5.45. The maximum atomic E-state index is 11.2. The maximum absolute atomic E-state index is 11.2. The molecule has 0 radical (unpaired) electrons. The molecule has 92 valence electrons. The number of carbonyl (C=O) groups is 1. The SMILES string of the molecule is C=C(C(=O)OC)C(O)c1cc(CC)cnc1N. The minimum atomic E-state index is -1.19. The van der Waals surface area contributed by atoms with Gasteiger partial charge >= 0.3 is 5.97 Å². The first-order valence-electron chi connectivity index (χ1n) is 5.20. The molecular formula is C12H16N2O3. The molecule has 0 spiro atoms. The van der Waals surface area contributed by atoms with Crippen molar-refractivity contribution in [1.29, 1.82) is 0 Å². The average Bonchev–Trinajstić information content (AvgIpc) is 2.36. The number of nitrogen functional groups attached to an aromatic ring is 1. The number of rotatable bonds is 4. The molecule has 5 nitrogen and oxygen atoms in total. The number of aromatic nitrogens is 1. The Kier molecular flexibility index (Phi) is 4.23. The van der Waals surface area contributed by atoms with Gasteiger partial charge in [0.05, 0.1) is 12.7 Å². The van der Waals surface area contributed by atoms with Crippen LogP contribution in [-0.4, -0.2) is 23.2 Å². The van der Waals surface area contributed by atoms with Crippen LogP contribution in [0.25, 0.3) is 0 Å². The third-order valence-electron chi connectivity index (χ3n) is 2.49. The zero-order valence-corrected chi connectivity index (χ0v) is 9.93. The minimum absolute atomic E-state index is 0.0609. The summed E-state index contributed by atoms with van der Waals surface area (Å²) in [6.07, 6.45) is 1.20. The van der Waals surface area contributed by atoms with Gasteiger partial charge in [-0.15, -0.1) is 0 Å². The van der Waals surface area contributed by atoms with Crippen molar-refractivity contribution in [2.75, 3.05) is 12.8 Å². The lowest BCUT2D eigenvalue weighted by Gasteiger charge is -2.14. The summed E-state index contributed by atoms with van der Waals surface area (Å²) >= 11 is 0. The third-order valence-corrected chi connectivity index (χ3v) is 2.49. The van der Waals surface area contributed by atoms with Crippen LogP contribution in [0.5, 0.6) is 0 Å². The molecule has 0 aliphatic carbocycles. The highest BCUT2D eigenvalue weighted by Crippen LogP contribution is 2.25. The van der Waals surface area contributed by atoms with Crippen molar-refractivity contribution < 1.29 is 14.6 Å². The number of anilines is 1. The van der Waals surface area contributed by atoms with E-state index in [1.165, 1.54) is 7.11 Å². The molecule has 1 rings (SSSR count). The van der Waals surface area contributed by atoms with Gasteiger partial charge in [-0.1, -0.05) is 13.5 Å². The van der Waals surface area contributed by atoms with E-state index in [0.29, 0.717) is 5.56 Å². The van der Waals surface area contributed by atoms with Crippen molar-refractivity contribution >= 4 is 11.8 Å². The molecule has 5 heteroatoms. The second-order valence-electron chi connectivity index (χ2n) is 3.59. The number of nitrogens with zero attached hydrogens (tertiary/aromatic N) is 1. The predicted octanol–water partition coefficient (Wildman–Crippen LogP) is 0.989. The Morgan fingerprint density at radius 1 is 1.71 bits per heavy atom. The molecule has 1 heterocycles. The lowest BCUT2D eigenvalue weighted by Crippen LogP contribution is -2.14. The summed E-state index contributed by atoms with van der Waals surface area (Å²) in [6.45, 7) is 5.45. The van der Waals surface area contributed by atoms with Gasteiger partial charge in [-0.3, -0.25) is 0 Å². The van der Waals surface area contributed by atoms with Gasteiger partial charge in [0, 0.05) is 11.8 Å². The van der Waals surface area contributed by atoms with E-state index < -0.39 is 12.1 Å². The van der Waals surface area contributed by atoms with Crippen LogP contribution in [0.2, 0.25) is 0 Å². The molecule has 1 atom stereocenters. The predicted molar refractivity (Wildman–Crippen MR) is 64.1 cm³/mol. The van der Waals surface area contributed by atoms with Crippen LogP contribution in [0.15, 0.2) is 24.4 Å². The molecule has 0 aliphatic rings. The molecule has 0 aliphatic heterocycles. The first kappa shape index (κ1) is 13.2. The number of methoxy groups -OCH3 is 1. The molecule has 0 bridgehead atoms. The fourth-order valence-electron chi connectivity index (χ4n) is 1.38. The van der Waals surface area contributed by atoms with Crippen molar-refractivity contribution in [3.05, 3.63) is 35.5 Å². The van der Waals surface area contributed by atoms with Gasteiger partial charge in [-0.25, -0.2) is 9.78 Å². The van der Waals surface area contributed by atoms with E-state index in [-0.39, 0.29) is 11.4 Å². The Morgan fingerprint density at radius 2 is 2.35 bits per heavy atom. The minimum Gasteiger partial charge on any atom is -0.466 e. The van der Waals surface area contributed by atoms with Crippen molar-refractivity contribution in [3.63, 3.8) is 0 Å². The number of esters is 1. The van der Waals surface area contributed by atoms with Gasteiger partial charge in [0.25, 0.3) is 0 Å². The zero-order valence-electron chi connectivity index (χ0n) is 9.93. The summed E-state index contributed by atoms with van der Waals surface area (Å²) in [5.41, 5.74) is 6.90. The Morgan fingerprint density at radius 3 is 2.88 bits per heavy atom. The summed E-state index contributed by atoms with van der Waals surface area (Å²) in [7, 11) is 1.23. The first-order valence-corrected chi connectivity index (χ1v) is 5.20. The molecule has 0 fully saturated rings. The lowest BCUT2D eigenvalue weighted by molar-refractivity contribution is -0.137. The molecule has 3 N–H and O–H groups in total. The maximum Gasteiger partial charge on any atom is 0.336 e. The van der Waals surface area contributed by atoms with E-state index in [1.807, 2.05) is 6.92 Å². The Hall–Kier alpha value is -1.88. The van der Waals surface area contributed by atoms with Crippen molar-refractivity contribution in [2.45, 2.75) is 19.4 Å². The molecule has 1 unspecified atom stereocenters. The standard InChI is InChI=1S/C12H16N2O3/c1-4-8-5-9(11(13)14-6-8)10(15)7(2)12(16)17-3/h5-6,10,15H,2,4H2,1,3H3,(H2,13,14). The topological polar surface area (TPSA) is 85.4 Å². The van der Waals surface area contributed by atoms with Crippen LogP contribution in [-0.2, 0) is 16.0 Å². The van der Waals surface area contributed by atoms with E-state index in [9.17, 15) is 9.90 Å². The van der Waals surface area contributed by atoms with Gasteiger partial charge in [0.1, 0.15) is 11.9 Å². The van der Waals surface area contributed by atoms with E-state index in [1.54, 1.807) is 12.3 Å². The Bertz CT molecular complexity index is 443. The zero-order chi connectivity index (χ0) is 13.0. The molecule has 17 heavy (non-hydrogen) atoms. The van der Waals surface area contributed by atoms with Crippen LogP contribution in [0.3, 0.4) is 0 Å². The Balaban J connectivity index is 3.06. The van der Waals surface area contributed by atoms with E-state index in [2.05, 4.69) is 16.3 Å². The number of aliphatic hydroxyl groups excluding tert-OH is 1. The third kappa shape index (κ3) is 2.82. The van der Waals surface area contributed by atoms with Gasteiger partial charge in [-0.2, -0.15) is 0 Å². The summed E-state index contributed by atoms with van der Waals surface area (Å²) in [4.78, 5) is 15.2. The number of nitrogens with two attached hydrogens (primary N) is 1. The summed E-state index contributed by atoms with van der Waals surface area (Å²) in [5, 5.41) is 9.97. The molecule has 0 aromatic carbocycles. The van der Waals surface area contributed by atoms with Crippen molar-refractivity contribution in [2.24, 2.45) is 0 Å². The van der Waals surface area contributed by atoms with Crippen LogP contribution >= 0.6 is 0 Å². The van der Waals surface area contributed by atoms with Gasteiger partial charge in [-0.05, 0) is 18.1 Å². The molecular weight excluding hydrogens is 220 g/mol. The number of aliphatic hydroxyl groups is 1. The van der Waals surface area contributed by atoms with E-state index in [0.717, 1.165) is 12.0 Å². The fourth-order valence-corrected chi connectivity index (χ4v) is 1.38. The molecule has 1 aromatic heterocycles. The average molecular weight is 236 g/mol. The smallest absolute Gasteiger partial charge is 0.336 e. The number of hydrogen-bond donors (Lipinski definition) is 2. The highest BCUT2D eigenvalue weighted by atomic mass is 16.5. The van der Waals surface area contributed by atoms with Gasteiger partial charge in [0.15, 0.2) is 0 Å². The second-order valence-corrected chi connectivity index (χ2v) is 3.59. The number of pyridine rings is 1. The fraction of sp³-hybridized carbons (Fsp3) is 0.333. The molecule has 1 aromatic rings. The van der Waals surface area contributed by atoms with E-state index >= 15 is 0 Å². The molecule has 0 amide bonds. The van der Waals surface area contributed by atoms with Gasteiger partial charge < -0.3 is 15.6 Å². The first-order chi connectivity index (χ1) is 8.01. The highest BCUT2D eigenvalue weighted by molar-refractivity contribution is 5.89. The van der Waals surface area contributed by atoms with Crippen LogP contribution in [0.4, 0.5) is 5.82 Å². The van der Waals surface area contributed by atoms with Crippen molar-refractivity contribution in [3.8, 4) is 0 Å². The Labute approximate surface area is 99.9 Å². The number of hydrogen-bond acceptors (Lipinski definition) is 5. The normalized spacial score (nSPS) is 11.9. The van der Waals surface area contributed by atoms with E-state index in [4.69, 9.17) is 5.73 Å². The number of ether oxygens (including phenoxy) is 1. The molecule has 0 saturated carbocycles. The van der Waals surface area contributed by atoms with Crippen LogP contribution < -0.4 is 5.73 Å². The van der Waals surface area contributed by atoms with Crippen molar-refractivity contribution in [1.82, 2.24) is 4.98 Å². The van der Waals surface area contributed by atoms with Gasteiger partial charge in [0.2, 0.25) is 0 Å². The quantitative estimate of drug-likeness (QED) is 0.601. The lowest BCUT2D eigenvalue weighted by atomic mass is 10.0. The number of aryl methyl sites for hydroxylation is 1. The summed E-state index contributed by atoms with van der Waals surface area (Å²) in [5.74, 6) is -0.487.